The van der Waals surface area contributed by atoms with E-state index in [1.165, 1.54) is 25.7 Å². The smallest absolute Gasteiger partial charge is 0.241 e. The molecule has 2 fully saturated rings. The van der Waals surface area contributed by atoms with Crippen molar-refractivity contribution in [3.05, 3.63) is 23.5 Å². The third-order valence-corrected chi connectivity index (χ3v) is 4.50. The summed E-state index contributed by atoms with van der Waals surface area (Å²) in [4.78, 5) is 16.2. The van der Waals surface area contributed by atoms with E-state index in [4.69, 9.17) is 11.6 Å². The summed E-state index contributed by atoms with van der Waals surface area (Å²) >= 11 is 5.95. The zero-order chi connectivity index (χ0) is 13.2. The maximum Gasteiger partial charge on any atom is 0.241 e. The molecule has 1 amide bonds. The number of aromatic nitrogens is 1. The molecule has 0 radical (unpaired) electrons. The first-order chi connectivity index (χ1) is 9.24. The fourth-order valence-electron chi connectivity index (χ4n) is 3.22. The maximum atomic E-state index is 12.3. The van der Waals surface area contributed by atoms with Gasteiger partial charge in [-0.2, -0.15) is 0 Å². The molecule has 1 aromatic heterocycles. The minimum atomic E-state index is -0.0932. The van der Waals surface area contributed by atoms with Crippen molar-refractivity contribution in [1.29, 1.82) is 0 Å². The normalized spacial score (nSPS) is 29.8. The number of rotatable bonds is 2. The largest absolute Gasteiger partial charge is 0.322 e. The summed E-state index contributed by atoms with van der Waals surface area (Å²) < 4.78 is 0. The molecule has 3 unspecified atom stereocenters. The number of carbonyl (C=O) groups excluding carboxylic acids is 1. The number of hydrogen-bond acceptors (Lipinski definition) is 3. The van der Waals surface area contributed by atoms with Crippen LogP contribution in [0.4, 0.5) is 5.69 Å². The Morgan fingerprint density at radius 2 is 2.26 bits per heavy atom. The van der Waals surface area contributed by atoms with Crippen LogP contribution in [0.3, 0.4) is 0 Å². The standard InChI is InChI=1S/C14H18ClN3O/c15-13-11(6-3-7-16-13)18-14(19)12-8-9-4-1-2-5-10(9)17-12/h3,6-7,9-10,12,17H,1-2,4-5,8H2,(H,18,19). The number of amides is 1. The van der Waals surface area contributed by atoms with E-state index in [1.807, 2.05) is 0 Å². The van der Waals surface area contributed by atoms with Crippen molar-refractivity contribution < 1.29 is 4.79 Å². The number of anilines is 1. The lowest BCUT2D eigenvalue weighted by Gasteiger charge is -2.24. The second kappa shape index (κ2) is 5.47. The van der Waals surface area contributed by atoms with Crippen LogP contribution in [0.15, 0.2) is 18.3 Å². The van der Waals surface area contributed by atoms with Crippen molar-refractivity contribution in [3.63, 3.8) is 0 Å². The van der Waals surface area contributed by atoms with Gasteiger partial charge in [-0.1, -0.05) is 24.4 Å². The Bertz CT molecular complexity index is 466. The van der Waals surface area contributed by atoms with Gasteiger partial charge in [-0.15, -0.1) is 0 Å². The van der Waals surface area contributed by atoms with Gasteiger partial charge in [0.25, 0.3) is 0 Å². The number of fused-ring (bicyclic) bond motifs is 1. The molecule has 1 aliphatic heterocycles. The van der Waals surface area contributed by atoms with E-state index in [0.29, 0.717) is 22.8 Å². The lowest BCUT2D eigenvalue weighted by molar-refractivity contribution is -0.117. The minimum Gasteiger partial charge on any atom is -0.322 e. The van der Waals surface area contributed by atoms with Crippen LogP contribution in [0.1, 0.15) is 32.1 Å². The van der Waals surface area contributed by atoms with E-state index in [2.05, 4.69) is 15.6 Å². The average Bonchev–Trinajstić information content (AvgIpc) is 2.85. The molecule has 102 valence electrons. The summed E-state index contributed by atoms with van der Waals surface area (Å²) in [5, 5.41) is 6.66. The molecule has 4 nitrogen and oxygen atoms in total. The highest BCUT2D eigenvalue weighted by molar-refractivity contribution is 6.32. The van der Waals surface area contributed by atoms with Crippen LogP contribution < -0.4 is 10.6 Å². The van der Waals surface area contributed by atoms with Crippen molar-refractivity contribution >= 4 is 23.2 Å². The van der Waals surface area contributed by atoms with Gasteiger partial charge in [0.2, 0.25) is 5.91 Å². The van der Waals surface area contributed by atoms with Crippen LogP contribution in [0.25, 0.3) is 0 Å². The molecular formula is C14H18ClN3O. The first-order valence-corrected chi connectivity index (χ1v) is 7.29. The second-order valence-corrected chi connectivity index (χ2v) is 5.80. The van der Waals surface area contributed by atoms with Crippen LogP contribution in [-0.4, -0.2) is 23.0 Å². The highest BCUT2D eigenvalue weighted by Gasteiger charge is 2.38. The zero-order valence-corrected chi connectivity index (χ0v) is 11.5. The van der Waals surface area contributed by atoms with E-state index in [0.717, 1.165) is 6.42 Å². The maximum absolute atomic E-state index is 12.3. The predicted molar refractivity (Wildman–Crippen MR) is 75.2 cm³/mol. The molecule has 2 aliphatic rings. The van der Waals surface area contributed by atoms with Gasteiger partial charge in [-0.25, -0.2) is 4.98 Å². The molecule has 19 heavy (non-hydrogen) atoms. The monoisotopic (exact) mass is 279 g/mol. The summed E-state index contributed by atoms with van der Waals surface area (Å²) in [6.07, 6.45) is 7.56. The highest BCUT2D eigenvalue weighted by Crippen LogP contribution is 2.33. The molecule has 3 atom stereocenters. The third-order valence-electron chi connectivity index (χ3n) is 4.20. The molecule has 1 saturated heterocycles. The molecule has 0 bridgehead atoms. The van der Waals surface area contributed by atoms with Gasteiger partial charge in [0.1, 0.15) is 0 Å². The number of carbonyl (C=O) groups is 1. The lowest BCUT2D eigenvalue weighted by atomic mass is 9.85. The minimum absolute atomic E-state index is 0.00398. The summed E-state index contributed by atoms with van der Waals surface area (Å²) in [7, 11) is 0. The summed E-state index contributed by atoms with van der Waals surface area (Å²) in [6.45, 7) is 0. The van der Waals surface area contributed by atoms with Gasteiger partial charge < -0.3 is 10.6 Å². The van der Waals surface area contributed by atoms with E-state index < -0.39 is 0 Å². The number of nitrogens with one attached hydrogen (secondary N) is 2. The molecule has 5 heteroatoms. The third kappa shape index (κ3) is 2.74. The molecule has 2 N–H and O–H groups in total. The Kier molecular flexibility index (Phi) is 3.71. The predicted octanol–water partition coefficient (Wildman–Crippen LogP) is 2.59. The van der Waals surface area contributed by atoms with Gasteiger partial charge >= 0.3 is 0 Å². The number of halogens is 1. The summed E-state index contributed by atoms with van der Waals surface area (Å²) in [5.74, 6) is 0.665. The Labute approximate surface area is 117 Å². The Morgan fingerprint density at radius 3 is 3.05 bits per heavy atom. The highest BCUT2D eigenvalue weighted by atomic mass is 35.5. The summed E-state index contributed by atoms with van der Waals surface area (Å²) in [6, 6.07) is 3.97. The molecular weight excluding hydrogens is 262 g/mol. The van der Waals surface area contributed by atoms with Crippen molar-refractivity contribution in [1.82, 2.24) is 10.3 Å². The second-order valence-electron chi connectivity index (χ2n) is 5.44. The van der Waals surface area contributed by atoms with Crippen LogP contribution in [0.5, 0.6) is 0 Å². The lowest BCUT2D eigenvalue weighted by Crippen LogP contribution is -2.39. The van der Waals surface area contributed by atoms with Crippen molar-refractivity contribution in [2.45, 2.75) is 44.2 Å². The van der Waals surface area contributed by atoms with Crippen LogP contribution in [0.2, 0.25) is 5.15 Å². The van der Waals surface area contributed by atoms with Crippen molar-refractivity contribution in [2.24, 2.45) is 5.92 Å². The Hall–Kier alpha value is -1.13. The van der Waals surface area contributed by atoms with Gasteiger partial charge in [0, 0.05) is 12.2 Å². The molecule has 1 aliphatic carbocycles. The van der Waals surface area contributed by atoms with E-state index in [-0.39, 0.29) is 11.9 Å². The Balaban J connectivity index is 1.64. The average molecular weight is 280 g/mol. The topological polar surface area (TPSA) is 54.0 Å². The van der Waals surface area contributed by atoms with Crippen molar-refractivity contribution in [2.75, 3.05) is 5.32 Å². The fourth-order valence-corrected chi connectivity index (χ4v) is 3.39. The van der Waals surface area contributed by atoms with Gasteiger partial charge in [0.05, 0.1) is 11.7 Å². The van der Waals surface area contributed by atoms with E-state index >= 15 is 0 Å². The molecule has 1 saturated carbocycles. The van der Waals surface area contributed by atoms with Gasteiger partial charge in [0.15, 0.2) is 5.15 Å². The first kappa shape index (κ1) is 12.9. The number of hydrogen-bond donors (Lipinski definition) is 2. The summed E-state index contributed by atoms with van der Waals surface area (Å²) in [5.41, 5.74) is 0.589. The van der Waals surface area contributed by atoms with Crippen LogP contribution >= 0.6 is 11.6 Å². The van der Waals surface area contributed by atoms with Gasteiger partial charge in [-0.05, 0) is 37.3 Å². The number of nitrogens with zero attached hydrogens (tertiary/aromatic N) is 1. The van der Waals surface area contributed by atoms with Crippen molar-refractivity contribution in [3.8, 4) is 0 Å². The Morgan fingerprint density at radius 1 is 1.42 bits per heavy atom. The molecule has 1 aromatic rings. The van der Waals surface area contributed by atoms with Gasteiger partial charge in [-0.3, -0.25) is 4.79 Å². The SMILES string of the molecule is O=C(Nc1cccnc1Cl)C1CC2CCCCC2N1. The van der Waals surface area contributed by atoms with Crippen LogP contribution in [0, 0.1) is 5.92 Å². The first-order valence-electron chi connectivity index (χ1n) is 6.91. The quantitative estimate of drug-likeness (QED) is 0.818. The molecule has 0 spiro atoms. The molecule has 2 heterocycles. The molecule has 3 rings (SSSR count). The fraction of sp³-hybridized carbons (Fsp3) is 0.571. The van der Waals surface area contributed by atoms with E-state index in [9.17, 15) is 4.79 Å². The number of pyridine rings is 1. The van der Waals surface area contributed by atoms with Crippen LogP contribution in [-0.2, 0) is 4.79 Å². The van der Waals surface area contributed by atoms with E-state index in [1.54, 1.807) is 18.3 Å². The molecule has 0 aromatic carbocycles. The zero-order valence-electron chi connectivity index (χ0n) is 10.7.